The van der Waals surface area contributed by atoms with Crippen LogP contribution in [0.2, 0.25) is 0 Å². The van der Waals surface area contributed by atoms with Crippen molar-refractivity contribution in [3.8, 4) is 33.4 Å². The van der Waals surface area contributed by atoms with Crippen LogP contribution in [0, 0.1) is 0 Å². The lowest BCUT2D eigenvalue weighted by molar-refractivity contribution is 1.09. The lowest BCUT2D eigenvalue weighted by Crippen LogP contribution is -2.28. The summed E-state index contributed by atoms with van der Waals surface area (Å²) in [5.41, 5.74) is 11.1. The maximum absolute atomic E-state index is 2.43. The van der Waals surface area contributed by atoms with Crippen LogP contribution in [-0.2, 0) is 0 Å². The molecule has 2 aliphatic carbocycles. The van der Waals surface area contributed by atoms with Crippen molar-refractivity contribution in [2.75, 3.05) is 0 Å². The molecule has 168 valence electrons. The molecule has 0 saturated carbocycles. The summed E-state index contributed by atoms with van der Waals surface area (Å²) >= 11 is 0. The first-order valence-corrected chi connectivity index (χ1v) is 12.8. The second kappa shape index (κ2) is 7.54. The highest BCUT2D eigenvalue weighted by Gasteiger charge is 2.30. The van der Waals surface area contributed by atoms with Crippen LogP contribution >= 0.6 is 0 Å². The van der Waals surface area contributed by atoms with Gasteiger partial charge in [0.05, 0.1) is 0 Å². The third-order valence-corrected chi connectivity index (χ3v) is 8.03. The molecule has 0 radical (unpaired) electrons. The van der Waals surface area contributed by atoms with E-state index < -0.39 is 0 Å². The van der Waals surface area contributed by atoms with Gasteiger partial charge in [0.15, 0.2) is 0 Å². The molecular formula is C36H24. The zero-order valence-corrected chi connectivity index (χ0v) is 20.0. The summed E-state index contributed by atoms with van der Waals surface area (Å²) in [6.07, 6.45) is 4.60. The highest BCUT2D eigenvalue weighted by atomic mass is 14.3. The Bertz CT molecular complexity index is 1960. The molecule has 0 nitrogen and oxygen atoms in total. The fourth-order valence-electron chi connectivity index (χ4n) is 6.59. The predicted molar refractivity (Wildman–Crippen MR) is 153 cm³/mol. The largest absolute Gasteiger partial charge is 0.0763 e. The molecule has 0 aliphatic heterocycles. The molecule has 0 amide bonds. The van der Waals surface area contributed by atoms with Crippen molar-refractivity contribution in [2.45, 2.75) is 12.8 Å². The molecule has 6 aromatic carbocycles. The van der Waals surface area contributed by atoms with Gasteiger partial charge >= 0.3 is 0 Å². The summed E-state index contributed by atoms with van der Waals surface area (Å²) in [5, 5.41) is 8.09. The first-order chi connectivity index (χ1) is 17.9. The number of hydrogen-bond donors (Lipinski definition) is 0. The highest BCUT2D eigenvalue weighted by Crippen LogP contribution is 2.51. The fourth-order valence-corrected chi connectivity index (χ4v) is 6.59. The van der Waals surface area contributed by atoms with Crippen molar-refractivity contribution in [2.24, 2.45) is 0 Å². The molecular weight excluding hydrogens is 432 g/mol. The van der Waals surface area contributed by atoms with Gasteiger partial charge in [-0.15, -0.1) is 0 Å². The predicted octanol–water partition coefficient (Wildman–Crippen LogP) is 8.08. The molecule has 0 bridgehead atoms. The smallest absolute Gasteiger partial charge is 0.00108 e. The van der Waals surface area contributed by atoms with Crippen LogP contribution in [-0.4, -0.2) is 0 Å². The Hall–Kier alpha value is -4.42. The molecule has 2 aliphatic rings. The molecule has 8 rings (SSSR count). The van der Waals surface area contributed by atoms with Gasteiger partial charge in [-0.25, -0.2) is 0 Å². The Balaban J connectivity index is 1.68. The summed E-state index contributed by atoms with van der Waals surface area (Å²) < 4.78 is 0. The van der Waals surface area contributed by atoms with E-state index in [0.29, 0.717) is 0 Å². The fraction of sp³-hybridized carbons (Fsp3) is 0.0556. The van der Waals surface area contributed by atoms with Crippen molar-refractivity contribution >= 4 is 33.2 Å². The number of hydrogen-bond acceptors (Lipinski definition) is 0. The van der Waals surface area contributed by atoms with Crippen LogP contribution in [0.4, 0.5) is 0 Å². The van der Waals surface area contributed by atoms with Crippen molar-refractivity contribution < 1.29 is 0 Å². The quantitative estimate of drug-likeness (QED) is 0.231. The van der Waals surface area contributed by atoms with Crippen molar-refractivity contribution in [1.29, 1.82) is 0 Å². The topological polar surface area (TPSA) is 0 Å². The van der Waals surface area contributed by atoms with Gasteiger partial charge in [0.2, 0.25) is 0 Å². The Labute approximate surface area is 210 Å². The summed E-state index contributed by atoms with van der Waals surface area (Å²) in [4.78, 5) is 0. The minimum atomic E-state index is 1.09. The van der Waals surface area contributed by atoms with Gasteiger partial charge in [0, 0.05) is 0 Å². The first kappa shape index (κ1) is 19.8. The Morgan fingerprint density at radius 3 is 1.69 bits per heavy atom. The van der Waals surface area contributed by atoms with E-state index in [1.807, 2.05) is 0 Å². The molecule has 0 spiro atoms. The summed E-state index contributed by atoms with van der Waals surface area (Å²) in [6, 6.07) is 42.6. The molecule has 0 atom stereocenters. The van der Waals surface area contributed by atoms with E-state index in [2.05, 4.69) is 121 Å². The van der Waals surface area contributed by atoms with Crippen molar-refractivity contribution in [1.82, 2.24) is 0 Å². The molecule has 0 aromatic heterocycles. The number of rotatable bonds is 2. The second-order valence-corrected chi connectivity index (χ2v) is 9.97. The third kappa shape index (κ3) is 2.70. The molecule has 6 aromatic rings. The van der Waals surface area contributed by atoms with Crippen LogP contribution in [0.5, 0.6) is 0 Å². The molecule has 0 heteroatoms. The maximum atomic E-state index is 2.43. The van der Waals surface area contributed by atoms with Gasteiger partial charge < -0.3 is 0 Å². The van der Waals surface area contributed by atoms with Crippen LogP contribution < -0.4 is 10.4 Å². The number of fused-ring (bicyclic) bond motifs is 5. The van der Waals surface area contributed by atoms with Gasteiger partial charge in [-0.1, -0.05) is 109 Å². The zero-order valence-electron chi connectivity index (χ0n) is 20.0. The Morgan fingerprint density at radius 1 is 0.472 bits per heavy atom. The van der Waals surface area contributed by atoms with Gasteiger partial charge in [-0.2, -0.15) is 0 Å². The van der Waals surface area contributed by atoms with Crippen molar-refractivity contribution in [3.05, 3.63) is 131 Å². The second-order valence-electron chi connectivity index (χ2n) is 9.97. The van der Waals surface area contributed by atoms with E-state index in [1.165, 1.54) is 76.5 Å². The standard InChI is InChI=1S/C36H24/c1-3-11-24(12-4-1)33-30-21-26-15-7-8-16-27(26)22-31(30)34(25-13-5-2-6-14-25)36-29-20-10-18-23-17-9-19-28(32(23)29)35(33)36/h1-9,11-19,21-22H,10,20H2. The van der Waals surface area contributed by atoms with E-state index >= 15 is 0 Å². The normalized spacial score (nSPS) is 13.5. The monoisotopic (exact) mass is 456 g/mol. The SMILES string of the molecule is C1=c2cccc3c2=C(CC1)c1c-3c(-c2ccccc2)c2cc3ccccc3cc2c1-c1ccccc1. The Morgan fingerprint density at radius 2 is 1.06 bits per heavy atom. The Kier molecular flexibility index (Phi) is 4.15. The maximum Gasteiger partial charge on any atom is -0.00108 e. The van der Waals surface area contributed by atoms with E-state index in [1.54, 1.807) is 0 Å². The number of benzene rings is 6. The highest BCUT2D eigenvalue weighted by molar-refractivity contribution is 6.20. The van der Waals surface area contributed by atoms with E-state index in [0.717, 1.165) is 12.8 Å². The van der Waals surface area contributed by atoms with E-state index in [4.69, 9.17) is 0 Å². The first-order valence-electron chi connectivity index (χ1n) is 12.8. The van der Waals surface area contributed by atoms with Crippen LogP contribution in [0.3, 0.4) is 0 Å². The van der Waals surface area contributed by atoms with Gasteiger partial charge in [-0.3, -0.25) is 0 Å². The minimum absolute atomic E-state index is 1.09. The molecule has 0 N–H and O–H groups in total. The molecule has 0 fully saturated rings. The zero-order chi connectivity index (χ0) is 23.6. The van der Waals surface area contributed by atoms with Gasteiger partial charge in [-0.05, 0) is 101 Å². The molecule has 0 heterocycles. The van der Waals surface area contributed by atoms with E-state index in [-0.39, 0.29) is 0 Å². The average molecular weight is 457 g/mol. The van der Waals surface area contributed by atoms with E-state index in [9.17, 15) is 0 Å². The van der Waals surface area contributed by atoms with Gasteiger partial charge in [0.25, 0.3) is 0 Å². The average Bonchev–Trinajstić information content (AvgIpc) is 3.27. The summed E-state index contributed by atoms with van der Waals surface area (Å²) in [6.45, 7) is 0. The lowest BCUT2D eigenvalue weighted by Gasteiger charge is -2.22. The lowest BCUT2D eigenvalue weighted by atomic mass is 9.81. The van der Waals surface area contributed by atoms with Crippen LogP contribution in [0.1, 0.15) is 18.4 Å². The summed E-state index contributed by atoms with van der Waals surface area (Å²) in [7, 11) is 0. The van der Waals surface area contributed by atoms with Crippen LogP contribution in [0.15, 0.2) is 115 Å². The van der Waals surface area contributed by atoms with Crippen LogP contribution in [0.25, 0.3) is 66.6 Å². The molecule has 0 unspecified atom stereocenters. The molecule has 0 saturated heterocycles. The van der Waals surface area contributed by atoms with Crippen molar-refractivity contribution in [3.63, 3.8) is 0 Å². The summed E-state index contributed by atoms with van der Waals surface area (Å²) in [5.74, 6) is 0. The third-order valence-electron chi connectivity index (χ3n) is 8.03. The molecule has 36 heavy (non-hydrogen) atoms. The minimum Gasteiger partial charge on any atom is -0.0763 e. The van der Waals surface area contributed by atoms with Gasteiger partial charge in [0.1, 0.15) is 0 Å².